The number of rotatable bonds is 4. The van der Waals surface area contributed by atoms with Crippen molar-refractivity contribution in [2.45, 2.75) is 0 Å². The van der Waals surface area contributed by atoms with Crippen LogP contribution in [-0.4, -0.2) is 9.97 Å². The number of hydrogen-bond donors (Lipinski definition) is 0. The average molecular weight is 591 g/mol. The van der Waals surface area contributed by atoms with Gasteiger partial charge in [0.1, 0.15) is 0 Å². The average Bonchev–Trinajstić information content (AvgIpc) is 3.51. The molecule has 2 heterocycles. The number of aromatic nitrogens is 2. The Morgan fingerprint density at radius 3 is 1.89 bits per heavy atom. The first kappa shape index (κ1) is 25.8. The lowest BCUT2D eigenvalue weighted by Gasteiger charge is -2.11. The molecule has 3 heteroatoms. The number of nitrogens with zero attached hydrogens (tertiary/aromatic N) is 2. The number of para-hydroxylation sites is 1. The van der Waals surface area contributed by atoms with E-state index in [2.05, 4.69) is 146 Å². The van der Waals surface area contributed by atoms with Crippen molar-refractivity contribution in [2.75, 3.05) is 0 Å². The first-order chi connectivity index (χ1) is 22.3. The van der Waals surface area contributed by atoms with E-state index < -0.39 is 0 Å². The van der Waals surface area contributed by atoms with Crippen molar-refractivity contribution < 1.29 is 0 Å². The monoisotopic (exact) mass is 590 g/mol. The number of thiophene rings is 1. The molecule has 0 radical (unpaired) electrons. The summed E-state index contributed by atoms with van der Waals surface area (Å²) in [5.41, 5.74) is 8.72. The zero-order chi connectivity index (χ0) is 29.7. The van der Waals surface area contributed by atoms with Crippen LogP contribution in [0.1, 0.15) is 0 Å². The Bertz CT molecular complexity index is 2530. The summed E-state index contributed by atoms with van der Waals surface area (Å²) >= 11 is 1.87. The van der Waals surface area contributed by atoms with E-state index in [0.29, 0.717) is 0 Å². The fourth-order valence-corrected chi connectivity index (χ4v) is 7.65. The molecular weight excluding hydrogens is 565 g/mol. The topological polar surface area (TPSA) is 25.8 Å². The Morgan fingerprint density at radius 2 is 1.02 bits per heavy atom. The molecule has 7 aromatic carbocycles. The Labute approximate surface area is 264 Å². The van der Waals surface area contributed by atoms with Crippen molar-refractivity contribution >= 4 is 53.2 Å². The molecule has 2 nitrogen and oxygen atoms in total. The van der Waals surface area contributed by atoms with Gasteiger partial charge in [-0.05, 0) is 57.3 Å². The third-order valence-corrected chi connectivity index (χ3v) is 9.90. The molecule has 9 rings (SSSR count). The molecule has 0 amide bonds. The SMILES string of the molecule is c1ccc(-c2ccc(-c3cccc(-c4nc(-c5ccc6c(ccc7c8ccccc8sc67)c5)c5ccccc5n4)c3)cc2)cc1. The molecule has 0 N–H and O–H groups in total. The summed E-state index contributed by atoms with van der Waals surface area (Å²) in [6, 6.07) is 56.1. The minimum Gasteiger partial charge on any atom is -0.228 e. The standard InChI is InChI=1S/C42H26N2S/c1-2-9-27(10-3-1)28-17-19-29(20-18-28)30-11-8-12-33(25-30)42-43-38-15-6-4-14-37(38)40(44-42)32-22-23-34-31(26-32)21-24-36-35-13-5-7-16-39(35)45-41(34)36/h1-26H. The van der Waals surface area contributed by atoms with Crippen LogP contribution in [0, 0.1) is 0 Å². The molecule has 210 valence electrons. The van der Waals surface area contributed by atoms with Gasteiger partial charge in [-0.3, -0.25) is 0 Å². The van der Waals surface area contributed by atoms with E-state index >= 15 is 0 Å². The molecule has 0 unspecified atom stereocenters. The molecule has 0 fully saturated rings. The molecule has 45 heavy (non-hydrogen) atoms. The highest BCUT2D eigenvalue weighted by atomic mass is 32.1. The summed E-state index contributed by atoms with van der Waals surface area (Å²) in [7, 11) is 0. The molecule has 0 saturated carbocycles. The normalized spacial score (nSPS) is 11.6. The van der Waals surface area contributed by atoms with Gasteiger partial charge in [-0.15, -0.1) is 11.3 Å². The van der Waals surface area contributed by atoms with Crippen LogP contribution in [0.3, 0.4) is 0 Å². The van der Waals surface area contributed by atoms with Gasteiger partial charge < -0.3 is 0 Å². The molecule has 0 saturated heterocycles. The number of hydrogen-bond acceptors (Lipinski definition) is 3. The zero-order valence-corrected chi connectivity index (χ0v) is 25.1. The molecule has 2 aromatic heterocycles. The van der Waals surface area contributed by atoms with Crippen LogP contribution in [0.5, 0.6) is 0 Å². The maximum absolute atomic E-state index is 5.23. The van der Waals surface area contributed by atoms with Crippen LogP contribution in [0.4, 0.5) is 0 Å². The third kappa shape index (κ3) is 4.48. The predicted octanol–water partition coefficient (Wildman–Crippen LogP) is 11.8. The van der Waals surface area contributed by atoms with Crippen LogP contribution >= 0.6 is 11.3 Å². The lowest BCUT2D eigenvalue weighted by molar-refractivity contribution is 1.23. The van der Waals surface area contributed by atoms with Gasteiger partial charge in [0.25, 0.3) is 0 Å². The highest BCUT2D eigenvalue weighted by molar-refractivity contribution is 7.26. The van der Waals surface area contributed by atoms with Crippen LogP contribution < -0.4 is 0 Å². The second kappa shape index (κ2) is 10.5. The highest BCUT2D eigenvalue weighted by Gasteiger charge is 2.14. The van der Waals surface area contributed by atoms with Gasteiger partial charge in [-0.25, -0.2) is 9.97 Å². The van der Waals surface area contributed by atoms with Crippen LogP contribution in [-0.2, 0) is 0 Å². The highest BCUT2D eigenvalue weighted by Crippen LogP contribution is 2.40. The summed E-state index contributed by atoms with van der Waals surface area (Å²) in [6.45, 7) is 0. The Hall–Kier alpha value is -5.64. The second-order valence-corrected chi connectivity index (χ2v) is 12.5. The molecule has 9 aromatic rings. The summed E-state index contributed by atoms with van der Waals surface area (Å²) in [4.78, 5) is 10.3. The van der Waals surface area contributed by atoms with Crippen LogP contribution in [0.25, 0.3) is 86.7 Å². The minimum atomic E-state index is 0.728. The van der Waals surface area contributed by atoms with E-state index in [1.165, 1.54) is 47.6 Å². The molecule has 0 aliphatic heterocycles. The van der Waals surface area contributed by atoms with Crippen molar-refractivity contribution in [3.05, 3.63) is 158 Å². The number of fused-ring (bicyclic) bond motifs is 6. The third-order valence-electron chi connectivity index (χ3n) is 8.68. The van der Waals surface area contributed by atoms with E-state index in [9.17, 15) is 0 Å². The number of benzene rings is 7. The Balaban J connectivity index is 1.14. The zero-order valence-electron chi connectivity index (χ0n) is 24.3. The van der Waals surface area contributed by atoms with Crippen LogP contribution in [0.15, 0.2) is 158 Å². The minimum absolute atomic E-state index is 0.728. The molecule has 0 aliphatic carbocycles. The van der Waals surface area contributed by atoms with Crippen molar-refractivity contribution in [1.82, 2.24) is 9.97 Å². The Kier molecular flexibility index (Phi) is 6.03. The van der Waals surface area contributed by atoms with Crippen molar-refractivity contribution in [3.63, 3.8) is 0 Å². The lowest BCUT2D eigenvalue weighted by Crippen LogP contribution is -1.95. The lowest BCUT2D eigenvalue weighted by atomic mass is 9.98. The molecule has 0 atom stereocenters. The quantitative estimate of drug-likeness (QED) is 0.204. The summed E-state index contributed by atoms with van der Waals surface area (Å²) in [6.07, 6.45) is 0. The van der Waals surface area contributed by atoms with Gasteiger partial charge in [0.2, 0.25) is 0 Å². The van der Waals surface area contributed by atoms with Gasteiger partial charge in [0.05, 0.1) is 11.2 Å². The smallest absolute Gasteiger partial charge is 0.160 e. The summed E-state index contributed by atoms with van der Waals surface area (Å²) in [5.74, 6) is 0.728. The fourth-order valence-electron chi connectivity index (χ4n) is 6.41. The van der Waals surface area contributed by atoms with Gasteiger partial charge in [-0.2, -0.15) is 0 Å². The van der Waals surface area contributed by atoms with E-state index in [1.54, 1.807) is 0 Å². The second-order valence-electron chi connectivity index (χ2n) is 11.4. The molecule has 0 bridgehead atoms. The summed E-state index contributed by atoms with van der Waals surface area (Å²) in [5, 5.41) is 6.19. The maximum Gasteiger partial charge on any atom is 0.160 e. The van der Waals surface area contributed by atoms with Crippen molar-refractivity contribution in [1.29, 1.82) is 0 Å². The van der Waals surface area contributed by atoms with E-state index in [-0.39, 0.29) is 0 Å². The molecular formula is C42H26N2S. The first-order valence-electron chi connectivity index (χ1n) is 15.2. The van der Waals surface area contributed by atoms with Gasteiger partial charge in [-0.1, -0.05) is 133 Å². The van der Waals surface area contributed by atoms with E-state index in [4.69, 9.17) is 9.97 Å². The van der Waals surface area contributed by atoms with Crippen LogP contribution in [0.2, 0.25) is 0 Å². The van der Waals surface area contributed by atoms with E-state index in [0.717, 1.165) is 39.1 Å². The van der Waals surface area contributed by atoms with Crippen molar-refractivity contribution in [3.8, 4) is 44.9 Å². The van der Waals surface area contributed by atoms with Crippen molar-refractivity contribution in [2.24, 2.45) is 0 Å². The van der Waals surface area contributed by atoms with E-state index in [1.807, 2.05) is 23.5 Å². The maximum atomic E-state index is 5.23. The largest absolute Gasteiger partial charge is 0.228 e. The fraction of sp³-hybridized carbons (Fsp3) is 0. The van der Waals surface area contributed by atoms with Gasteiger partial charge in [0.15, 0.2) is 5.82 Å². The first-order valence-corrected chi connectivity index (χ1v) is 16.0. The van der Waals surface area contributed by atoms with Gasteiger partial charge >= 0.3 is 0 Å². The predicted molar refractivity (Wildman–Crippen MR) is 192 cm³/mol. The Morgan fingerprint density at radius 1 is 0.378 bits per heavy atom. The molecule has 0 spiro atoms. The summed E-state index contributed by atoms with van der Waals surface area (Å²) < 4.78 is 2.66. The van der Waals surface area contributed by atoms with Gasteiger partial charge in [0, 0.05) is 36.7 Å². The molecule has 0 aliphatic rings.